The smallest absolute Gasteiger partial charge is 0.243 e. The number of nitrogens with zero attached hydrogens (tertiary/aromatic N) is 1. The molecule has 0 spiro atoms. The minimum Gasteiger partial charge on any atom is -0.352 e. The summed E-state index contributed by atoms with van der Waals surface area (Å²) in [6, 6.07) is 22.6. The summed E-state index contributed by atoms with van der Waals surface area (Å²) in [5.74, 6) is -0.246. The van der Waals surface area contributed by atoms with Crippen LogP contribution in [0.4, 0.5) is 0 Å². The van der Waals surface area contributed by atoms with Crippen LogP contribution in [0.3, 0.4) is 0 Å². The van der Waals surface area contributed by atoms with Gasteiger partial charge in [0.15, 0.2) is 0 Å². The molecule has 0 unspecified atom stereocenters. The first-order chi connectivity index (χ1) is 17.9. The van der Waals surface area contributed by atoms with Gasteiger partial charge in [-0.15, -0.1) is 0 Å². The van der Waals surface area contributed by atoms with Gasteiger partial charge in [-0.05, 0) is 48.6 Å². The summed E-state index contributed by atoms with van der Waals surface area (Å²) in [7, 11) is 0. The maximum Gasteiger partial charge on any atom is 0.243 e. The summed E-state index contributed by atoms with van der Waals surface area (Å²) in [4.78, 5) is 29.5. The molecule has 0 aliphatic heterocycles. The van der Waals surface area contributed by atoms with Gasteiger partial charge in [0, 0.05) is 29.1 Å². The van der Waals surface area contributed by atoms with Crippen molar-refractivity contribution in [3.8, 4) is 0 Å². The van der Waals surface area contributed by atoms with Crippen molar-refractivity contribution in [1.82, 2.24) is 10.2 Å². The van der Waals surface area contributed by atoms with E-state index in [-0.39, 0.29) is 24.3 Å². The molecule has 2 amide bonds. The molecule has 3 aromatic rings. The average molecular weight is 538 g/mol. The van der Waals surface area contributed by atoms with Crippen LogP contribution in [0.15, 0.2) is 72.8 Å². The molecule has 3 aromatic carbocycles. The number of aryl methyl sites for hydroxylation is 1. The fourth-order valence-electron chi connectivity index (χ4n) is 5.03. The number of hydrogen-bond donors (Lipinski definition) is 1. The molecule has 0 heterocycles. The first-order valence-corrected chi connectivity index (χ1v) is 13.8. The third-order valence-corrected chi connectivity index (χ3v) is 7.60. The van der Waals surface area contributed by atoms with Gasteiger partial charge in [0.2, 0.25) is 11.8 Å². The Bertz CT molecular complexity index is 1210. The number of halogens is 2. The summed E-state index contributed by atoms with van der Waals surface area (Å²) < 4.78 is 0. The Morgan fingerprint density at radius 1 is 0.919 bits per heavy atom. The van der Waals surface area contributed by atoms with Gasteiger partial charge in [-0.1, -0.05) is 109 Å². The Hall–Kier alpha value is -2.82. The lowest BCUT2D eigenvalue weighted by atomic mass is 9.94. The van der Waals surface area contributed by atoms with E-state index in [1.165, 1.54) is 6.42 Å². The van der Waals surface area contributed by atoms with E-state index in [2.05, 4.69) is 11.4 Å². The molecule has 1 saturated carbocycles. The van der Waals surface area contributed by atoms with E-state index in [9.17, 15) is 9.59 Å². The molecule has 0 radical (unpaired) electrons. The topological polar surface area (TPSA) is 49.4 Å². The number of benzene rings is 3. The standard InChI is InChI=1S/C31H34Cl2N2O2/c1-22-9-8-12-24(17-22)21-35(30(36)19-25-15-16-26(32)20-28(25)33)29(18-23-10-4-2-5-11-23)31(37)34-27-13-6-3-7-14-27/h2,4-5,8-12,15-17,20,27,29H,3,6-7,13-14,18-19,21H2,1H3,(H,34,37)/t29-/m0/s1. The molecule has 1 fully saturated rings. The fourth-order valence-corrected chi connectivity index (χ4v) is 5.51. The van der Waals surface area contributed by atoms with Crippen LogP contribution in [0.25, 0.3) is 0 Å². The molecule has 4 rings (SSSR count). The van der Waals surface area contributed by atoms with E-state index in [4.69, 9.17) is 23.2 Å². The van der Waals surface area contributed by atoms with E-state index in [1.54, 1.807) is 23.1 Å². The molecule has 0 aromatic heterocycles. The van der Waals surface area contributed by atoms with Crippen LogP contribution in [-0.4, -0.2) is 28.8 Å². The van der Waals surface area contributed by atoms with Crippen molar-refractivity contribution in [2.24, 2.45) is 0 Å². The predicted molar refractivity (Wildman–Crippen MR) is 151 cm³/mol. The van der Waals surface area contributed by atoms with E-state index < -0.39 is 6.04 Å². The fraction of sp³-hybridized carbons (Fsp3) is 0.355. The molecular weight excluding hydrogens is 503 g/mol. The molecule has 37 heavy (non-hydrogen) atoms. The van der Waals surface area contributed by atoms with Gasteiger partial charge >= 0.3 is 0 Å². The third-order valence-electron chi connectivity index (χ3n) is 7.01. The lowest BCUT2D eigenvalue weighted by molar-refractivity contribution is -0.141. The van der Waals surface area contributed by atoms with Crippen LogP contribution in [0.2, 0.25) is 10.0 Å². The molecular formula is C31H34Cl2N2O2. The second-order valence-electron chi connectivity index (χ2n) is 9.97. The Morgan fingerprint density at radius 2 is 1.65 bits per heavy atom. The first kappa shape index (κ1) is 27.2. The number of carbonyl (C=O) groups excluding carboxylic acids is 2. The number of rotatable bonds is 9. The van der Waals surface area contributed by atoms with E-state index >= 15 is 0 Å². The quantitative estimate of drug-likeness (QED) is 0.322. The average Bonchev–Trinajstić information content (AvgIpc) is 2.89. The number of carbonyl (C=O) groups is 2. The van der Waals surface area contributed by atoms with Crippen LogP contribution in [0.1, 0.15) is 54.4 Å². The van der Waals surface area contributed by atoms with Crippen molar-refractivity contribution < 1.29 is 9.59 Å². The molecule has 4 nitrogen and oxygen atoms in total. The minimum atomic E-state index is -0.650. The van der Waals surface area contributed by atoms with Crippen LogP contribution in [0, 0.1) is 6.92 Å². The zero-order valence-corrected chi connectivity index (χ0v) is 22.8. The summed E-state index contributed by atoms with van der Waals surface area (Å²) in [5.41, 5.74) is 3.80. The minimum absolute atomic E-state index is 0.0871. The maximum absolute atomic E-state index is 13.9. The van der Waals surface area contributed by atoms with Crippen molar-refractivity contribution in [3.63, 3.8) is 0 Å². The van der Waals surface area contributed by atoms with Gasteiger partial charge in [0.25, 0.3) is 0 Å². The summed E-state index contributed by atoms with van der Waals surface area (Å²) in [6.07, 6.45) is 5.94. The van der Waals surface area contributed by atoms with E-state index in [1.807, 2.05) is 55.5 Å². The summed E-state index contributed by atoms with van der Waals surface area (Å²) in [6.45, 7) is 2.36. The second kappa shape index (κ2) is 13.1. The first-order valence-electron chi connectivity index (χ1n) is 13.0. The number of amides is 2. The largest absolute Gasteiger partial charge is 0.352 e. The highest BCUT2D eigenvalue weighted by Crippen LogP contribution is 2.24. The van der Waals surface area contributed by atoms with Crippen molar-refractivity contribution in [1.29, 1.82) is 0 Å². The highest BCUT2D eigenvalue weighted by molar-refractivity contribution is 6.35. The zero-order valence-electron chi connectivity index (χ0n) is 21.3. The number of hydrogen-bond acceptors (Lipinski definition) is 2. The van der Waals surface area contributed by atoms with Crippen molar-refractivity contribution in [2.75, 3.05) is 0 Å². The summed E-state index contributed by atoms with van der Waals surface area (Å²) in [5, 5.41) is 4.24. The van der Waals surface area contributed by atoms with Crippen molar-refractivity contribution >= 4 is 35.0 Å². The van der Waals surface area contributed by atoms with Crippen LogP contribution >= 0.6 is 23.2 Å². The maximum atomic E-state index is 13.9. The predicted octanol–water partition coefficient (Wildman–Crippen LogP) is 6.93. The molecule has 194 valence electrons. The molecule has 1 N–H and O–H groups in total. The van der Waals surface area contributed by atoms with Gasteiger partial charge in [0.05, 0.1) is 6.42 Å². The summed E-state index contributed by atoms with van der Waals surface area (Å²) >= 11 is 12.5. The van der Waals surface area contributed by atoms with Gasteiger partial charge in [-0.2, -0.15) is 0 Å². The highest BCUT2D eigenvalue weighted by Gasteiger charge is 2.32. The highest BCUT2D eigenvalue weighted by atomic mass is 35.5. The Kier molecular flexibility index (Phi) is 9.65. The second-order valence-corrected chi connectivity index (χ2v) is 10.8. The van der Waals surface area contributed by atoms with Gasteiger partial charge in [-0.3, -0.25) is 9.59 Å². The normalized spacial score (nSPS) is 14.7. The molecule has 1 aliphatic carbocycles. The Morgan fingerprint density at radius 3 is 2.35 bits per heavy atom. The number of nitrogens with one attached hydrogen (secondary N) is 1. The van der Waals surface area contributed by atoms with Crippen LogP contribution in [-0.2, 0) is 29.0 Å². The lowest BCUT2D eigenvalue weighted by Gasteiger charge is -2.33. The van der Waals surface area contributed by atoms with Crippen LogP contribution < -0.4 is 5.32 Å². The van der Waals surface area contributed by atoms with Crippen molar-refractivity contribution in [3.05, 3.63) is 105 Å². The van der Waals surface area contributed by atoms with Crippen LogP contribution in [0.5, 0.6) is 0 Å². The lowest BCUT2D eigenvalue weighted by Crippen LogP contribution is -2.53. The van der Waals surface area contributed by atoms with Gasteiger partial charge < -0.3 is 10.2 Å². The SMILES string of the molecule is Cc1cccc(CN(C(=O)Cc2ccc(Cl)cc2Cl)[C@@H](Cc2ccccc2)C(=O)NC2CCCCC2)c1. The van der Waals surface area contributed by atoms with Gasteiger partial charge in [0.1, 0.15) is 6.04 Å². The molecule has 0 bridgehead atoms. The monoisotopic (exact) mass is 536 g/mol. The van der Waals surface area contributed by atoms with Crippen molar-refractivity contribution in [2.45, 2.75) is 70.5 Å². The zero-order chi connectivity index (χ0) is 26.2. The third kappa shape index (κ3) is 7.83. The molecule has 0 saturated heterocycles. The Labute approximate surface area is 230 Å². The Balaban J connectivity index is 1.67. The van der Waals surface area contributed by atoms with E-state index in [0.717, 1.165) is 42.4 Å². The molecule has 1 aliphatic rings. The molecule has 6 heteroatoms. The van der Waals surface area contributed by atoms with Gasteiger partial charge in [-0.25, -0.2) is 0 Å². The molecule has 1 atom stereocenters. The van der Waals surface area contributed by atoms with E-state index in [0.29, 0.717) is 28.6 Å².